The molecule has 0 atom stereocenters. The van der Waals surface area contributed by atoms with Gasteiger partial charge in [-0.3, -0.25) is 4.79 Å². The molecule has 0 unspecified atom stereocenters. The monoisotopic (exact) mass is 576 g/mol. The summed E-state index contributed by atoms with van der Waals surface area (Å²) in [6.07, 6.45) is 9.53. The molecule has 0 spiro atoms. The van der Waals surface area contributed by atoms with Crippen molar-refractivity contribution in [2.24, 2.45) is 17.8 Å². The lowest BCUT2D eigenvalue weighted by atomic mass is 9.69. The van der Waals surface area contributed by atoms with Crippen LogP contribution in [0.5, 0.6) is 11.5 Å². The van der Waals surface area contributed by atoms with Gasteiger partial charge < -0.3 is 14.6 Å². The minimum Gasteiger partial charge on any atom is -0.505 e. The van der Waals surface area contributed by atoms with E-state index in [1.807, 2.05) is 0 Å². The predicted molar refractivity (Wildman–Crippen MR) is 147 cm³/mol. The average molecular weight is 577 g/mol. The van der Waals surface area contributed by atoms with E-state index < -0.39 is 29.0 Å². The second-order valence-corrected chi connectivity index (χ2v) is 12.1. The number of carbonyl (C=O) groups is 1. The highest BCUT2D eigenvalue weighted by molar-refractivity contribution is 5.72. The smallest absolute Gasteiger partial charge is 0.309 e. The van der Waals surface area contributed by atoms with Gasteiger partial charge >= 0.3 is 5.97 Å². The Morgan fingerprint density at radius 3 is 1.80 bits per heavy atom. The van der Waals surface area contributed by atoms with Gasteiger partial charge in [-0.05, 0) is 131 Å². The van der Waals surface area contributed by atoms with Crippen LogP contribution in [0.15, 0.2) is 24.3 Å². The second-order valence-electron chi connectivity index (χ2n) is 12.1. The summed E-state index contributed by atoms with van der Waals surface area (Å²) in [5, 5.41) is 9.37. The molecule has 0 amide bonds. The molecule has 5 rings (SSSR count). The number of esters is 1. The van der Waals surface area contributed by atoms with Crippen LogP contribution in [-0.4, -0.2) is 23.8 Å². The van der Waals surface area contributed by atoms with E-state index in [0.29, 0.717) is 43.1 Å². The van der Waals surface area contributed by atoms with Gasteiger partial charge in [0.1, 0.15) is 6.10 Å². The molecule has 2 aromatic rings. The lowest BCUT2D eigenvalue weighted by Gasteiger charge is -2.38. The SMILES string of the molecule is CCOc1ccc(C2CCC(C3CCC(OC(=O)C4CCC(c5ccc(O)c(F)c5F)CC4)CC3)CC2)c(F)c1F. The Hall–Kier alpha value is -2.77. The fourth-order valence-electron chi connectivity index (χ4n) is 7.48. The first-order chi connectivity index (χ1) is 19.8. The zero-order valence-electron chi connectivity index (χ0n) is 23.6. The van der Waals surface area contributed by atoms with E-state index in [1.54, 1.807) is 13.0 Å². The maximum absolute atomic E-state index is 14.7. The Kier molecular flexibility index (Phi) is 9.45. The minimum absolute atomic E-state index is 0.0216. The van der Waals surface area contributed by atoms with Crippen molar-refractivity contribution in [2.45, 2.75) is 102 Å². The molecule has 41 heavy (non-hydrogen) atoms. The van der Waals surface area contributed by atoms with E-state index in [4.69, 9.17) is 9.47 Å². The highest BCUT2D eigenvalue weighted by Gasteiger charge is 2.35. The first kappa shape index (κ1) is 29.7. The van der Waals surface area contributed by atoms with Crippen LogP contribution in [0, 0.1) is 41.0 Å². The second kappa shape index (κ2) is 13.0. The van der Waals surface area contributed by atoms with Crippen molar-refractivity contribution in [2.75, 3.05) is 6.61 Å². The first-order valence-corrected chi connectivity index (χ1v) is 15.2. The summed E-state index contributed by atoms with van der Waals surface area (Å²) in [6, 6.07) is 5.82. The number of benzene rings is 2. The Morgan fingerprint density at radius 1 is 0.707 bits per heavy atom. The molecule has 0 aromatic heterocycles. The van der Waals surface area contributed by atoms with Gasteiger partial charge in [-0.15, -0.1) is 0 Å². The van der Waals surface area contributed by atoms with Gasteiger partial charge in [0.05, 0.1) is 12.5 Å². The van der Waals surface area contributed by atoms with E-state index >= 15 is 0 Å². The van der Waals surface area contributed by atoms with Gasteiger partial charge in [0.2, 0.25) is 11.6 Å². The Balaban J connectivity index is 1.05. The molecule has 4 nitrogen and oxygen atoms in total. The van der Waals surface area contributed by atoms with Gasteiger partial charge in [0, 0.05) is 0 Å². The third-order valence-electron chi connectivity index (χ3n) is 9.85. The summed E-state index contributed by atoms with van der Waals surface area (Å²) >= 11 is 0. The van der Waals surface area contributed by atoms with E-state index in [2.05, 4.69) is 0 Å². The third-order valence-corrected chi connectivity index (χ3v) is 9.85. The van der Waals surface area contributed by atoms with E-state index in [1.165, 1.54) is 18.2 Å². The number of phenolic OH excluding ortho intramolecular Hbond substituents is 1. The van der Waals surface area contributed by atoms with Crippen LogP contribution in [0.25, 0.3) is 0 Å². The van der Waals surface area contributed by atoms with Gasteiger partial charge in [-0.25, -0.2) is 8.78 Å². The molecule has 1 N–H and O–H groups in total. The summed E-state index contributed by atoms with van der Waals surface area (Å²) < 4.78 is 68.2. The molecule has 3 aliphatic rings. The molecule has 224 valence electrons. The fourth-order valence-corrected chi connectivity index (χ4v) is 7.48. The molecular formula is C33H40F4O4. The van der Waals surface area contributed by atoms with Crippen molar-refractivity contribution in [1.29, 1.82) is 0 Å². The van der Waals surface area contributed by atoms with Crippen LogP contribution in [0.3, 0.4) is 0 Å². The number of hydrogen-bond donors (Lipinski definition) is 1. The molecular weight excluding hydrogens is 536 g/mol. The molecule has 2 aromatic carbocycles. The largest absolute Gasteiger partial charge is 0.505 e. The van der Waals surface area contributed by atoms with Crippen molar-refractivity contribution in [1.82, 2.24) is 0 Å². The summed E-state index contributed by atoms with van der Waals surface area (Å²) in [5.74, 6) is -4.07. The number of aromatic hydroxyl groups is 1. The molecule has 0 aliphatic heterocycles. The topological polar surface area (TPSA) is 55.8 Å². The van der Waals surface area contributed by atoms with Crippen LogP contribution in [-0.2, 0) is 9.53 Å². The molecule has 0 bridgehead atoms. The van der Waals surface area contributed by atoms with Crippen molar-refractivity contribution >= 4 is 5.97 Å². The molecule has 3 aliphatic carbocycles. The lowest BCUT2D eigenvalue weighted by Crippen LogP contribution is -2.32. The Morgan fingerprint density at radius 2 is 1.22 bits per heavy atom. The fraction of sp³-hybridized carbons (Fsp3) is 0.606. The molecule has 0 saturated heterocycles. The van der Waals surface area contributed by atoms with Gasteiger partial charge in [0.15, 0.2) is 23.1 Å². The summed E-state index contributed by atoms with van der Waals surface area (Å²) in [4.78, 5) is 12.9. The highest BCUT2D eigenvalue weighted by atomic mass is 19.2. The average Bonchev–Trinajstić information content (AvgIpc) is 2.99. The van der Waals surface area contributed by atoms with Crippen LogP contribution < -0.4 is 4.74 Å². The van der Waals surface area contributed by atoms with Crippen molar-refractivity contribution in [3.05, 3.63) is 58.7 Å². The Labute approximate surface area is 239 Å². The molecule has 0 radical (unpaired) electrons. The molecule has 3 fully saturated rings. The van der Waals surface area contributed by atoms with E-state index in [-0.39, 0.29) is 47.7 Å². The maximum atomic E-state index is 14.7. The highest BCUT2D eigenvalue weighted by Crippen LogP contribution is 2.45. The first-order valence-electron chi connectivity index (χ1n) is 15.2. The Bertz CT molecular complexity index is 1210. The molecule has 0 heterocycles. The summed E-state index contributed by atoms with van der Waals surface area (Å²) in [7, 11) is 0. The van der Waals surface area contributed by atoms with Crippen molar-refractivity contribution in [3.8, 4) is 11.5 Å². The number of hydrogen-bond acceptors (Lipinski definition) is 4. The number of halogens is 4. The number of ether oxygens (including phenoxy) is 2. The van der Waals surface area contributed by atoms with Gasteiger partial charge in [0.25, 0.3) is 0 Å². The zero-order valence-corrected chi connectivity index (χ0v) is 23.6. The van der Waals surface area contributed by atoms with Gasteiger partial charge in [-0.2, -0.15) is 8.78 Å². The molecule has 3 saturated carbocycles. The summed E-state index contributed by atoms with van der Waals surface area (Å²) in [6.45, 7) is 2.03. The van der Waals surface area contributed by atoms with Crippen LogP contribution in [0.2, 0.25) is 0 Å². The minimum atomic E-state index is -1.22. The predicted octanol–water partition coefficient (Wildman–Crippen LogP) is 8.70. The lowest BCUT2D eigenvalue weighted by molar-refractivity contribution is -0.157. The number of carbonyl (C=O) groups excluding carboxylic acids is 1. The van der Waals surface area contributed by atoms with E-state index in [0.717, 1.165) is 51.4 Å². The van der Waals surface area contributed by atoms with Crippen LogP contribution >= 0.6 is 0 Å². The van der Waals surface area contributed by atoms with E-state index in [9.17, 15) is 27.5 Å². The standard InChI is InChI=1S/C33H40F4O4/c1-2-40-28-18-16-26(30(35)32(28)37)21-5-3-19(4-6-21)20-11-13-24(14-12-20)41-33(39)23-9-7-22(8-10-23)25-15-17-27(38)31(36)29(25)34/h15-24,38H,2-14H2,1H3. The van der Waals surface area contributed by atoms with Crippen LogP contribution in [0.4, 0.5) is 17.6 Å². The van der Waals surface area contributed by atoms with Crippen molar-refractivity contribution < 1.29 is 36.9 Å². The summed E-state index contributed by atoms with van der Waals surface area (Å²) in [5.41, 5.74) is 0.714. The zero-order chi connectivity index (χ0) is 29.1. The van der Waals surface area contributed by atoms with Crippen molar-refractivity contribution in [3.63, 3.8) is 0 Å². The number of phenols is 1. The number of rotatable bonds is 7. The third kappa shape index (κ3) is 6.51. The molecule has 8 heteroatoms. The normalized spacial score (nSPS) is 28.7. The van der Waals surface area contributed by atoms with Crippen LogP contribution in [0.1, 0.15) is 107 Å². The van der Waals surface area contributed by atoms with Gasteiger partial charge in [-0.1, -0.05) is 12.1 Å². The maximum Gasteiger partial charge on any atom is 0.309 e. The quantitative estimate of drug-likeness (QED) is 0.265.